The number of hydrogen-bond donors (Lipinski definition) is 1. The van der Waals surface area contributed by atoms with Gasteiger partial charge in [0, 0.05) is 28.0 Å². The van der Waals surface area contributed by atoms with E-state index in [4.69, 9.17) is 0 Å². The summed E-state index contributed by atoms with van der Waals surface area (Å²) in [6.45, 7) is 0. The van der Waals surface area contributed by atoms with Gasteiger partial charge in [-0.05, 0) is 52.3 Å². The molecule has 26 heavy (non-hydrogen) atoms. The summed E-state index contributed by atoms with van der Waals surface area (Å²) in [4.78, 5) is 20.2. The quantitative estimate of drug-likeness (QED) is 0.633. The van der Waals surface area contributed by atoms with Crippen LogP contribution in [-0.4, -0.2) is 15.9 Å². The van der Waals surface area contributed by atoms with Crippen LogP contribution in [0.25, 0.3) is 11.3 Å². The highest BCUT2D eigenvalue weighted by Gasteiger charge is 2.30. The fourth-order valence-electron chi connectivity index (χ4n) is 2.20. The summed E-state index contributed by atoms with van der Waals surface area (Å²) >= 11 is 3.25. The largest absolute Gasteiger partial charge is 0.416 e. The SMILES string of the molecule is O=C(Nc1ccc(Br)cn1)c1ccc(-c2cc(C(F)(F)F)ccn2)cc1. The highest BCUT2D eigenvalue weighted by atomic mass is 79.9. The molecule has 3 rings (SSSR count). The van der Waals surface area contributed by atoms with E-state index in [1.807, 2.05) is 0 Å². The molecule has 0 spiro atoms. The third-order valence-electron chi connectivity index (χ3n) is 3.50. The average molecular weight is 422 g/mol. The summed E-state index contributed by atoms with van der Waals surface area (Å²) in [7, 11) is 0. The molecule has 0 aliphatic heterocycles. The average Bonchev–Trinajstić information content (AvgIpc) is 2.63. The molecule has 3 aromatic rings. The lowest BCUT2D eigenvalue weighted by molar-refractivity contribution is -0.137. The van der Waals surface area contributed by atoms with E-state index in [0.717, 1.165) is 22.8 Å². The van der Waals surface area contributed by atoms with Crippen LogP contribution in [-0.2, 0) is 6.18 Å². The Hall–Kier alpha value is -2.74. The topological polar surface area (TPSA) is 54.9 Å². The number of carbonyl (C=O) groups excluding carboxylic acids is 1. The van der Waals surface area contributed by atoms with Gasteiger partial charge < -0.3 is 5.32 Å². The van der Waals surface area contributed by atoms with Crippen LogP contribution in [0.3, 0.4) is 0 Å². The maximum Gasteiger partial charge on any atom is 0.416 e. The lowest BCUT2D eigenvalue weighted by atomic mass is 10.1. The van der Waals surface area contributed by atoms with Crippen molar-refractivity contribution in [2.45, 2.75) is 6.18 Å². The molecule has 1 amide bonds. The Morgan fingerprint density at radius 1 is 1.00 bits per heavy atom. The molecular formula is C18H11BrF3N3O. The summed E-state index contributed by atoms with van der Waals surface area (Å²) in [5.41, 5.74) is 0.242. The molecule has 0 atom stereocenters. The van der Waals surface area contributed by atoms with Crippen molar-refractivity contribution in [1.29, 1.82) is 0 Å². The van der Waals surface area contributed by atoms with Crippen molar-refractivity contribution < 1.29 is 18.0 Å². The zero-order chi connectivity index (χ0) is 18.7. The van der Waals surface area contributed by atoms with E-state index in [2.05, 4.69) is 31.2 Å². The minimum atomic E-state index is -4.44. The molecule has 0 unspecified atom stereocenters. The monoisotopic (exact) mass is 421 g/mol. The van der Waals surface area contributed by atoms with Gasteiger partial charge in [0.1, 0.15) is 5.82 Å². The van der Waals surface area contributed by atoms with Crippen LogP contribution in [0.4, 0.5) is 19.0 Å². The summed E-state index contributed by atoms with van der Waals surface area (Å²) in [5.74, 6) is 0.0187. The number of carbonyl (C=O) groups is 1. The van der Waals surface area contributed by atoms with E-state index in [1.54, 1.807) is 30.5 Å². The predicted octanol–water partition coefficient (Wildman–Crippen LogP) is 5.18. The van der Waals surface area contributed by atoms with Crippen LogP contribution in [0.5, 0.6) is 0 Å². The molecule has 0 radical (unpaired) electrons. The van der Waals surface area contributed by atoms with Gasteiger partial charge >= 0.3 is 6.18 Å². The van der Waals surface area contributed by atoms with Gasteiger partial charge in [0.2, 0.25) is 0 Å². The van der Waals surface area contributed by atoms with Crippen LogP contribution in [0.2, 0.25) is 0 Å². The van der Waals surface area contributed by atoms with Crippen LogP contribution in [0.1, 0.15) is 15.9 Å². The third kappa shape index (κ3) is 4.26. The second kappa shape index (κ2) is 7.25. The third-order valence-corrected chi connectivity index (χ3v) is 3.97. The Bertz CT molecular complexity index is 926. The Labute approximate surface area is 155 Å². The fraction of sp³-hybridized carbons (Fsp3) is 0.0556. The number of aromatic nitrogens is 2. The molecule has 4 nitrogen and oxygen atoms in total. The van der Waals surface area contributed by atoms with Crippen molar-refractivity contribution in [2.75, 3.05) is 5.32 Å². The number of anilines is 1. The number of nitrogens with zero attached hydrogens (tertiary/aromatic N) is 2. The lowest BCUT2D eigenvalue weighted by Gasteiger charge is -2.09. The van der Waals surface area contributed by atoms with E-state index in [-0.39, 0.29) is 11.6 Å². The van der Waals surface area contributed by atoms with E-state index in [9.17, 15) is 18.0 Å². The lowest BCUT2D eigenvalue weighted by Crippen LogP contribution is -2.12. The zero-order valence-corrected chi connectivity index (χ0v) is 14.7. The van der Waals surface area contributed by atoms with Crippen molar-refractivity contribution in [2.24, 2.45) is 0 Å². The van der Waals surface area contributed by atoms with Crippen LogP contribution >= 0.6 is 15.9 Å². The van der Waals surface area contributed by atoms with Crippen LogP contribution < -0.4 is 5.32 Å². The van der Waals surface area contributed by atoms with Gasteiger partial charge in [-0.2, -0.15) is 13.2 Å². The van der Waals surface area contributed by atoms with E-state index < -0.39 is 11.7 Å². The summed E-state index contributed by atoms with van der Waals surface area (Å²) in [6, 6.07) is 11.4. The second-order valence-electron chi connectivity index (χ2n) is 5.32. The van der Waals surface area contributed by atoms with Crippen LogP contribution in [0, 0.1) is 0 Å². The van der Waals surface area contributed by atoms with Crippen molar-refractivity contribution in [1.82, 2.24) is 9.97 Å². The molecule has 8 heteroatoms. The smallest absolute Gasteiger partial charge is 0.307 e. The molecule has 0 saturated heterocycles. The first-order valence-electron chi connectivity index (χ1n) is 7.39. The van der Waals surface area contributed by atoms with Crippen molar-refractivity contribution in [3.8, 4) is 11.3 Å². The minimum Gasteiger partial charge on any atom is -0.307 e. The molecular weight excluding hydrogens is 411 g/mol. The Morgan fingerprint density at radius 2 is 1.73 bits per heavy atom. The van der Waals surface area contributed by atoms with Gasteiger partial charge in [-0.25, -0.2) is 4.98 Å². The van der Waals surface area contributed by atoms with Crippen molar-refractivity contribution >= 4 is 27.7 Å². The number of amides is 1. The molecule has 0 saturated carbocycles. The summed E-state index contributed by atoms with van der Waals surface area (Å²) < 4.78 is 39.2. The highest BCUT2D eigenvalue weighted by Crippen LogP contribution is 2.31. The number of nitrogens with one attached hydrogen (secondary N) is 1. The van der Waals surface area contributed by atoms with E-state index in [0.29, 0.717) is 16.9 Å². The van der Waals surface area contributed by atoms with Gasteiger partial charge in [-0.3, -0.25) is 9.78 Å². The molecule has 2 heterocycles. The normalized spacial score (nSPS) is 11.2. The number of alkyl halides is 3. The standard InChI is InChI=1S/C18H11BrF3N3O/c19-14-5-6-16(24-10-14)25-17(26)12-3-1-11(2-4-12)15-9-13(7-8-23-15)18(20,21)22/h1-10H,(H,24,25,26). The van der Waals surface area contributed by atoms with Gasteiger partial charge in [0.15, 0.2) is 0 Å². The highest BCUT2D eigenvalue weighted by molar-refractivity contribution is 9.10. The molecule has 2 aromatic heterocycles. The molecule has 0 fully saturated rings. The fourth-order valence-corrected chi connectivity index (χ4v) is 2.43. The second-order valence-corrected chi connectivity index (χ2v) is 6.24. The van der Waals surface area contributed by atoms with Gasteiger partial charge in [-0.1, -0.05) is 12.1 Å². The number of halogens is 4. The van der Waals surface area contributed by atoms with Gasteiger partial charge in [-0.15, -0.1) is 0 Å². The number of hydrogen-bond acceptors (Lipinski definition) is 3. The maximum absolute atomic E-state index is 12.8. The molecule has 132 valence electrons. The molecule has 1 aromatic carbocycles. The number of rotatable bonds is 3. The number of benzene rings is 1. The first kappa shape index (κ1) is 18.1. The Kier molecular flexibility index (Phi) is 5.03. The van der Waals surface area contributed by atoms with Gasteiger partial charge in [0.05, 0.1) is 11.3 Å². The van der Waals surface area contributed by atoms with Gasteiger partial charge in [0.25, 0.3) is 5.91 Å². The molecule has 0 aliphatic carbocycles. The van der Waals surface area contributed by atoms with E-state index >= 15 is 0 Å². The first-order chi connectivity index (χ1) is 12.3. The predicted molar refractivity (Wildman–Crippen MR) is 94.6 cm³/mol. The molecule has 0 bridgehead atoms. The minimum absolute atomic E-state index is 0.182. The Balaban J connectivity index is 1.78. The van der Waals surface area contributed by atoms with Crippen molar-refractivity contribution in [3.63, 3.8) is 0 Å². The van der Waals surface area contributed by atoms with E-state index in [1.165, 1.54) is 12.1 Å². The molecule has 0 aliphatic rings. The summed E-state index contributed by atoms with van der Waals surface area (Å²) in [5, 5.41) is 2.64. The van der Waals surface area contributed by atoms with Crippen LogP contribution in [0.15, 0.2) is 65.4 Å². The van der Waals surface area contributed by atoms with Crippen molar-refractivity contribution in [3.05, 3.63) is 76.5 Å². The summed E-state index contributed by atoms with van der Waals surface area (Å²) in [6.07, 6.45) is -1.77. The molecule has 1 N–H and O–H groups in total. The number of pyridine rings is 2. The zero-order valence-electron chi connectivity index (χ0n) is 13.1. The maximum atomic E-state index is 12.8. The first-order valence-corrected chi connectivity index (χ1v) is 8.19. The Morgan fingerprint density at radius 3 is 2.35 bits per heavy atom.